The fraction of sp³-hybridized carbons (Fsp3) is 0.700. The molecule has 0 saturated heterocycles. The van der Waals surface area contributed by atoms with Crippen LogP contribution in [0, 0.1) is 0 Å². The van der Waals surface area contributed by atoms with Gasteiger partial charge in [-0.05, 0) is 18.9 Å². The van der Waals surface area contributed by atoms with Crippen LogP contribution in [0.5, 0.6) is 0 Å². The molecule has 6 heteroatoms. The van der Waals surface area contributed by atoms with E-state index in [2.05, 4.69) is 5.10 Å². The first-order valence-corrected chi connectivity index (χ1v) is 7.31. The van der Waals surface area contributed by atoms with Crippen molar-refractivity contribution in [1.82, 2.24) is 9.78 Å². The van der Waals surface area contributed by atoms with E-state index in [0.29, 0.717) is 11.7 Å². The predicted octanol–water partition coefficient (Wildman–Crippen LogP) is 1.18. The van der Waals surface area contributed by atoms with Gasteiger partial charge in [0, 0.05) is 6.20 Å². The van der Waals surface area contributed by atoms with E-state index in [1.807, 2.05) is 10.9 Å². The van der Waals surface area contributed by atoms with Crippen LogP contribution in [0.15, 0.2) is 12.3 Å². The molecule has 1 saturated carbocycles. The topological polar surface area (TPSA) is 78.0 Å². The van der Waals surface area contributed by atoms with Crippen LogP contribution in [0.1, 0.15) is 43.8 Å². The maximum atomic E-state index is 10.9. The lowest BCUT2D eigenvalue weighted by Gasteiger charge is -2.21. The van der Waals surface area contributed by atoms with Gasteiger partial charge in [-0.3, -0.25) is 4.68 Å². The van der Waals surface area contributed by atoms with Crippen LogP contribution < -0.4 is 5.14 Å². The standard InChI is InChI=1S/C10H17N3O2S/c11-16(14,15)8-9-6-7-13(12-9)10-4-2-1-3-5-10/h6-7,10H,1-5,8H2,(H2,11,14,15). The Balaban J connectivity index is 2.06. The van der Waals surface area contributed by atoms with Gasteiger partial charge in [-0.25, -0.2) is 13.6 Å². The highest BCUT2D eigenvalue weighted by atomic mass is 32.2. The molecular weight excluding hydrogens is 226 g/mol. The van der Waals surface area contributed by atoms with Gasteiger partial charge in [-0.15, -0.1) is 0 Å². The van der Waals surface area contributed by atoms with Gasteiger partial charge in [0.2, 0.25) is 10.0 Å². The summed E-state index contributed by atoms with van der Waals surface area (Å²) in [6.45, 7) is 0. The van der Waals surface area contributed by atoms with E-state index in [1.54, 1.807) is 6.07 Å². The first-order valence-electron chi connectivity index (χ1n) is 5.59. The number of sulfonamides is 1. The molecular formula is C10H17N3O2S. The minimum Gasteiger partial charge on any atom is -0.269 e. The Bertz CT molecular complexity index is 446. The molecule has 0 bridgehead atoms. The molecule has 5 nitrogen and oxygen atoms in total. The predicted molar refractivity (Wildman–Crippen MR) is 61.2 cm³/mol. The molecule has 0 unspecified atom stereocenters. The summed E-state index contributed by atoms with van der Waals surface area (Å²) in [5, 5.41) is 9.25. The summed E-state index contributed by atoms with van der Waals surface area (Å²) in [5.74, 6) is -0.174. The van der Waals surface area contributed by atoms with Crippen LogP contribution in [0.4, 0.5) is 0 Å². The maximum Gasteiger partial charge on any atom is 0.214 e. The van der Waals surface area contributed by atoms with Crippen LogP contribution in [0.2, 0.25) is 0 Å². The molecule has 2 rings (SSSR count). The van der Waals surface area contributed by atoms with E-state index in [0.717, 1.165) is 12.8 Å². The van der Waals surface area contributed by atoms with Crippen molar-refractivity contribution in [3.8, 4) is 0 Å². The molecule has 1 aromatic rings. The zero-order valence-corrected chi connectivity index (χ0v) is 9.99. The summed E-state index contributed by atoms with van der Waals surface area (Å²) in [6.07, 6.45) is 7.88. The first-order chi connectivity index (χ1) is 7.54. The molecule has 90 valence electrons. The molecule has 0 radical (unpaired) electrons. The van der Waals surface area contributed by atoms with Crippen LogP contribution in [-0.2, 0) is 15.8 Å². The summed E-state index contributed by atoms with van der Waals surface area (Å²) in [7, 11) is -3.47. The summed E-state index contributed by atoms with van der Waals surface area (Å²) in [6, 6.07) is 2.17. The lowest BCUT2D eigenvalue weighted by Crippen LogP contribution is -2.16. The molecule has 0 spiro atoms. The van der Waals surface area contributed by atoms with Gasteiger partial charge in [-0.1, -0.05) is 19.3 Å². The monoisotopic (exact) mass is 243 g/mol. The first kappa shape index (κ1) is 11.6. The average Bonchev–Trinajstić information content (AvgIpc) is 2.65. The second-order valence-electron chi connectivity index (χ2n) is 4.39. The number of primary sulfonamides is 1. The molecule has 1 fully saturated rings. The second kappa shape index (κ2) is 4.55. The van der Waals surface area contributed by atoms with Gasteiger partial charge in [0.15, 0.2) is 0 Å². The minimum absolute atomic E-state index is 0.174. The van der Waals surface area contributed by atoms with Gasteiger partial charge in [0.25, 0.3) is 0 Å². The van der Waals surface area contributed by atoms with Gasteiger partial charge >= 0.3 is 0 Å². The van der Waals surface area contributed by atoms with Gasteiger partial charge in [0.1, 0.15) is 5.75 Å². The average molecular weight is 243 g/mol. The van der Waals surface area contributed by atoms with Crippen molar-refractivity contribution < 1.29 is 8.42 Å². The summed E-state index contributed by atoms with van der Waals surface area (Å²) >= 11 is 0. The summed E-state index contributed by atoms with van der Waals surface area (Å²) in [4.78, 5) is 0. The Kier molecular flexibility index (Phi) is 3.30. The second-order valence-corrected chi connectivity index (χ2v) is 6.00. The molecule has 16 heavy (non-hydrogen) atoms. The van der Waals surface area contributed by atoms with Crippen LogP contribution in [-0.4, -0.2) is 18.2 Å². The number of nitrogens with two attached hydrogens (primary N) is 1. The highest BCUT2D eigenvalue weighted by Gasteiger charge is 2.16. The van der Waals surface area contributed by atoms with E-state index in [4.69, 9.17) is 5.14 Å². The van der Waals surface area contributed by atoms with Gasteiger partial charge < -0.3 is 0 Å². The Morgan fingerprint density at radius 2 is 2.06 bits per heavy atom. The van der Waals surface area contributed by atoms with E-state index < -0.39 is 10.0 Å². The summed E-state index contributed by atoms with van der Waals surface area (Å²) < 4.78 is 23.7. The zero-order valence-electron chi connectivity index (χ0n) is 9.17. The molecule has 0 amide bonds. The quantitative estimate of drug-likeness (QED) is 0.865. The normalized spacial score (nSPS) is 18.8. The third-order valence-corrected chi connectivity index (χ3v) is 3.66. The van der Waals surface area contributed by atoms with Crippen molar-refractivity contribution >= 4 is 10.0 Å². The highest BCUT2D eigenvalue weighted by Crippen LogP contribution is 2.27. The third-order valence-electron chi connectivity index (χ3n) is 2.96. The number of hydrogen-bond donors (Lipinski definition) is 1. The summed E-state index contributed by atoms with van der Waals surface area (Å²) in [5.41, 5.74) is 0.535. The lowest BCUT2D eigenvalue weighted by atomic mass is 9.96. The Labute approximate surface area is 95.7 Å². The Morgan fingerprint density at radius 3 is 2.69 bits per heavy atom. The van der Waals surface area contributed by atoms with E-state index >= 15 is 0 Å². The molecule has 1 aromatic heterocycles. The smallest absolute Gasteiger partial charge is 0.214 e. The van der Waals surface area contributed by atoms with Crippen LogP contribution in [0.3, 0.4) is 0 Å². The molecule has 2 N–H and O–H groups in total. The fourth-order valence-electron chi connectivity index (χ4n) is 2.21. The number of hydrogen-bond acceptors (Lipinski definition) is 3. The van der Waals surface area contributed by atoms with Crippen molar-refractivity contribution in [3.05, 3.63) is 18.0 Å². The van der Waals surface area contributed by atoms with Crippen molar-refractivity contribution in [2.45, 2.75) is 43.9 Å². The van der Waals surface area contributed by atoms with Crippen molar-refractivity contribution in [3.63, 3.8) is 0 Å². The molecule has 0 atom stereocenters. The molecule has 0 aliphatic heterocycles. The highest BCUT2D eigenvalue weighted by molar-refractivity contribution is 7.88. The zero-order chi connectivity index (χ0) is 11.6. The van der Waals surface area contributed by atoms with Crippen LogP contribution in [0.25, 0.3) is 0 Å². The van der Waals surface area contributed by atoms with Crippen LogP contribution >= 0.6 is 0 Å². The van der Waals surface area contributed by atoms with Crippen molar-refractivity contribution in [2.75, 3.05) is 0 Å². The maximum absolute atomic E-state index is 10.9. The van der Waals surface area contributed by atoms with E-state index in [9.17, 15) is 8.42 Å². The Hall–Kier alpha value is -0.880. The lowest BCUT2D eigenvalue weighted by molar-refractivity contribution is 0.328. The van der Waals surface area contributed by atoms with Gasteiger partial charge in [-0.2, -0.15) is 5.10 Å². The van der Waals surface area contributed by atoms with E-state index in [-0.39, 0.29) is 5.75 Å². The van der Waals surface area contributed by atoms with Gasteiger partial charge in [0.05, 0.1) is 11.7 Å². The minimum atomic E-state index is -3.47. The Morgan fingerprint density at radius 1 is 1.38 bits per heavy atom. The number of aromatic nitrogens is 2. The fourth-order valence-corrected chi connectivity index (χ4v) is 2.78. The third kappa shape index (κ3) is 3.05. The van der Waals surface area contributed by atoms with E-state index in [1.165, 1.54) is 19.3 Å². The van der Waals surface area contributed by atoms with Crippen molar-refractivity contribution in [2.24, 2.45) is 5.14 Å². The van der Waals surface area contributed by atoms with Crippen molar-refractivity contribution in [1.29, 1.82) is 0 Å². The largest absolute Gasteiger partial charge is 0.269 e. The number of nitrogens with zero attached hydrogens (tertiary/aromatic N) is 2. The number of rotatable bonds is 3. The molecule has 0 aromatic carbocycles. The molecule has 1 aliphatic carbocycles. The SMILES string of the molecule is NS(=O)(=O)Cc1ccn(C2CCCCC2)n1. The molecule has 1 heterocycles. The molecule has 1 aliphatic rings.